The molecule has 0 fully saturated rings. The Bertz CT molecular complexity index is 319. The molecule has 1 aromatic rings. The highest BCUT2D eigenvalue weighted by molar-refractivity contribution is 7.79. The van der Waals surface area contributed by atoms with Gasteiger partial charge in [-0.3, -0.25) is 9.11 Å². The number of nitrogens with two attached hydrogens (primary N) is 2. The summed E-state index contributed by atoms with van der Waals surface area (Å²) in [4.78, 5) is 0. The standard InChI is InChI=1S/C6H8N2.CH3O.H2O4S/c7-5-1-2-6(8)4-3-5;1-2;1-5(2,3)4/h1-4H,7-8H2;1H3;(H2,1,2,3,4). The molecule has 0 aliphatic carbocycles. The van der Waals surface area contributed by atoms with Gasteiger partial charge in [0.1, 0.15) is 0 Å². The molecule has 0 atom stereocenters. The van der Waals surface area contributed by atoms with Gasteiger partial charge in [0.2, 0.25) is 0 Å². The molecule has 87 valence electrons. The zero-order valence-corrected chi connectivity index (χ0v) is 8.81. The molecular formula is C7H13N2O5S. The topological polar surface area (TPSA) is 147 Å². The Kier molecular flexibility index (Phi) is 8.58. The van der Waals surface area contributed by atoms with E-state index in [9.17, 15) is 0 Å². The largest absolute Gasteiger partial charge is 0.399 e. The van der Waals surface area contributed by atoms with E-state index in [1.54, 1.807) is 24.3 Å². The lowest BCUT2D eigenvalue weighted by molar-refractivity contribution is 0.282. The average Bonchev–Trinajstić information content (AvgIpc) is 2.11. The number of rotatable bonds is 0. The van der Waals surface area contributed by atoms with Crippen molar-refractivity contribution in [1.29, 1.82) is 0 Å². The lowest BCUT2D eigenvalue weighted by Crippen LogP contribution is -1.89. The van der Waals surface area contributed by atoms with E-state index in [1.165, 1.54) is 0 Å². The fourth-order valence-electron chi connectivity index (χ4n) is 0.496. The molecule has 8 heteroatoms. The lowest BCUT2D eigenvalue weighted by atomic mass is 10.3. The van der Waals surface area contributed by atoms with Crippen LogP contribution < -0.4 is 11.5 Å². The Balaban J connectivity index is 0. The van der Waals surface area contributed by atoms with Gasteiger partial charge in [-0.05, 0) is 24.3 Å². The van der Waals surface area contributed by atoms with Gasteiger partial charge in [0.15, 0.2) is 0 Å². The van der Waals surface area contributed by atoms with Crippen molar-refractivity contribution < 1.29 is 22.6 Å². The fourth-order valence-corrected chi connectivity index (χ4v) is 0.496. The van der Waals surface area contributed by atoms with Crippen molar-refractivity contribution in [3.8, 4) is 0 Å². The molecular weight excluding hydrogens is 224 g/mol. The third-order valence-corrected chi connectivity index (χ3v) is 0.936. The van der Waals surface area contributed by atoms with E-state index in [2.05, 4.69) is 0 Å². The highest BCUT2D eigenvalue weighted by Crippen LogP contribution is 2.04. The first-order valence-electron chi connectivity index (χ1n) is 3.51. The molecule has 0 saturated carbocycles. The van der Waals surface area contributed by atoms with Crippen LogP contribution in [0.5, 0.6) is 0 Å². The number of benzene rings is 1. The second-order valence-electron chi connectivity index (χ2n) is 2.11. The summed E-state index contributed by atoms with van der Waals surface area (Å²) in [5, 5.41) is 8.25. The molecule has 1 aromatic carbocycles. The Morgan fingerprint density at radius 3 is 1.20 bits per heavy atom. The van der Waals surface area contributed by atoms with Gasteiger partial charge in [0, 0.05) is 11.4 Å². The molecule has 7 nitrogen and oxygen atoms in total. The van der Waals surface area contributed by atoms with E-state index in [4.69, 9.17) is 34.1 Å². The molecule has 0 heterocycles. The van der Waals surface area contributed by atoms with Crippen LogP contribution in [0.15, 0.2) is 24.3 Å². The minimum absolute atomic E-state index is 0.749. The van der Waals surface area contributed by atoms with Crippen LogP contribution in [-0.4, -0.2) is 24.6 Å². The first-order chi connectivity index (χ1) is 6.79. The normalized spacial score (nSPS) is 9.07. The first-order valence-corrected chi connectivity index (χ1v) is 4.90. The molecule has 0 saturated heterocycles. The SMILES string of the molecule is C[O].Nc1ccc(N)cc1.O=S(=O)(O)O. The quantitative estimate of drug-likeness (QED) is 0.375. The third kappa shape index (κ3) is 19.2. The van der Waals surface area contributed by atoms with Crippen molar-refractivity contribution in [3.05, 3.63) is 24.3 Å². The van der Waals surface area contributed by atoms with E-state index in [0.717, 1.165) is 18.5 Å². The number of nitrogen functional groups attached to an aromatic ring is 2. The van der Waals surface area contributed by atoms with Gasteiger partial charge >= 0.3 is 10.4 Å². The van der Waals surface area contributed by atoms with Crippen molar-refractivity contribution in [2.75, 3.05) is 18.6 Å². The van der Waals surface area contributed by atoms with Gasteiger partial charge in [-0.1, -0.05) is 0 Å². The van der Waals surface area contributed by atoms with Crippen LogP contribution in [-0.2, 0) is 15.5 Å². The van der Waals surface area contributed by atoms with E-state index in [1.807, 2.05) is 0 Å². The van der Waals surface area contributed by atoms with Crippen LogP contribution in [0.25, 0.3) is 0 Å². The number of hydrogen-bond acceptors (Lipinski definition) is 4. The van der Waals surface area contributed by atoms with Crippen LogP contribution in [0.1, 0.15) is 0 Å². The summed E-state index contributed by atoms with van der Waals surface area (Å²) in [5.74, 6) is 0. The maximum atomic E-state index is 8.74. The Labute approximate surface area is 87.9 Å². The zero-order valence-electron chi connectivity index (χ0n) is 7.99. The summed E-state index contributed by atoms with van der Waals surface area (Å²) in [6, 6.07) is 7.09. The summed E-state index contributed by atoms with van der Waals surface area (Å²) in [6.07, 6.45) is 0. The predicted molar refractivity (Wildman–Crippen MR) is 56.1 cm³/mol. The van der Waals surface area contributed by atoms with Crippen molar-refractivity contribution in [2.24, 2.45) is 0 Å². The maximum absolute atomic E-state index is 8.74. The Hall–Kier alpha value is -1.35. The van der Waals surface area contributed by atoms with Crippen molar-refractivity contribution >= 4 is 21.8 Å². The Morgan fingerprint density at radius 1 is 0.933 bits per heavy atom. The smallest absolute Gasteiger partial charge is 0.394 e. The molecule has 1 rings (SSSR count). The predicted octanol–water partition coefficient (Wildman–Crippen LogP) is 0.245. The van der Waals surface area contributed by atoms with Crippen LogP contribution in [0.2, 0.25) is 0 Å². The van der Waals surface area contributed by atoms with Gasteiger partial charge in [-0.15, -0.1) is 0 Å². The van der Waals surface area contributed by atoms with E-state index >= 15 is 0 Å². The molecule has 0 unspecified atom stereocenters. The lowest BCUT2D eigenvalue weighted by Gasteiger charge is -1.90. The minimum Gasteiger partial charge on any atom is -0.399 e. The van der Waals surface area contributed by atoms with Crippen molar-refractivity contribution in [1.82, 2.24) is 0 Å². The molecule has 0 aliphatic rings. The highest BCUT2D eigenvalue weighted by Gasteiger charge is 1.84. The molecule has 0 aromatic heterocycles. The van der Waals surface area contributed by atoms with Crippen molar-refractivity contribution in [2.45, 2.75) is 0 Å². The van der Waals surface area contributed by atoms with Crippen LogP contribution in [0.4, 0.5) is 11.4 Å². The van der Waals surface area contributed by atoms with E-state index in [-0.39, 0.29) is 0 Å². The molecule has 0 amide bonds. The summed E-state index contributed by atoms with van der Waals surface area (Å²) in [6.45, 7) is 0. The van der Waals surface area contributed by atoms with Crippen LogP contribution in [0.3, 0.4) is 0 Å². The van der Waals surface area contributed by atoms with Crippen LogP contribution >= 0.6 is 0 Å². The molecule has 6 N–H and O–H groups in total. The maximum Gasteiger partial charge on any atom is 0.394 e. The van der Waals surface area contributed by atoms with Gasteiger partial charge in [0.05, 0.1) is 7.11 Å². The van der Waals surface area contributed by atoms with Gasteiger partial charge in [-0.25, -0.2) is 5.11 Å². The van der Waals surface area contributed by atoms with Crippen molar-refractivity contribution in [3.63, 3.8) is 0 Å². The number of anilines is 2. The summed E-state index contributed by atoms with van der Waals surface area (Å²) in [5.41, 5.74) is 12.2. The second kappa shape index (κ2) is 8.00. The Morgan fingerprint density at radius 2 is 1.07 bits per heavy atom. The minimum atomic E-state index is -4.67. The van der Waals surface area contributed by atoms with Gasteiger partial charge in [0.25, 0.3) is 0 Å². The average molecular weight is 237 g/mol. The zero-order chi connectivity index (χ0) is 12.5. The molecule has 0 bridgehead atoms. The summed E-state index contributed by atoms with van der Waals surface area (Å²) in [7, 11) is -3.92. The number of hydrogen-bond donors (Lipinski definition) is 4. The monoisotopic (exact) mass is 237 g/mol. The summed E-state index contributed by atoms with van der Waals surface area (Å²) < 4.78 is 31.6. The van der Waals surface area contributed by atoms with E-state index in [0.29, 0.717) is 0 Å². The molecule has 1 radical (unpaired) electrons. The fraction of sp³-hybridized carbons (Fsp3) is 0.143. The first kappa shape index (κ1) is 16.1. The molecule has 15 heavy (non-hydrogen) atoms. The molecule has 0 spiro atoms. The van der Waals surface area contributed by atoms with Gasteiger partial charge in [-0.2, -0.15) is 8.42 Å². The highest BCUT2D eigenvalue weighted by atomic mass is 32.3. The second-order valence-corrected chi connectivity index (χ2v) is 3.01. The van der Waals surface area contributed by atoms with E-state index < -0.39 is 10.4 Å². The van der Waals surface area contributed by atoms with Crippen LogP contribution in [0, 0.1) is 0 Å². The summed E-state index contributed by atoms with van der Waals surface area (Å²) >= 11 is 0. The third-order valence-electron chi connectivity index (χ3n) is 0.936. The van der Waals surface area contributed by atoms with Gasteiger partial charge < -0.3 is 11.5 Å². The molecule has 0 aliphatic heterocycles.